The highest BCUT2D eigenvalue weighted by Gasteiger charge is 2.44. The summed E-state index contributed by atoms with van der Waals surface area (Å²) in [6.07, 6.45) is 0.0315. The van der Waals surface area contributed by atoms with E-state index in [0.717, 1.165) is 0 Å². The molecule has 0 radical (unpaired) electrons. The van der Waals surface area contributed by atoms with Crippen LogP contribution in [0.2, 0.25) is 0 Å². The molecule has 1 aliphatic rings. The topological polar surface area (TPSA) is 111 Å². The zero-order valence-electron chi connectivity index (χ0n) is 17.7. The average molecular weight is 448 g/mol. The van der Waals surface area contributed by atoms with Gasteiger partial charge in [-0.25, -0.2) is 12.7 Å². The van der Waals surface area contributed by atoms with Crippen LogP contribution in [-0.2, 0) is 19.6 Å². The highest BCUT2D eigenvalue weighted by Crippen LogP contribution is 2.33. The lowest BCUT2D eigenvalue weighted by Gasteiger charge is -2.24. The van der Waals surface area contributed by atoms with Gasteiger partial charge in [0, 0.05) is 12.5 Å². The minimum atomic E-state index is -4.23. The Labute approximate surface area is 181 Å². The number of carbonyl (C=O) groups is 2. The highest BCUT2D eigenvalue weighted by molar-refractivity contribution is 7.89. The zero-order chi connectivity index (χ0) is 22.8. The molecule has 31 heavy (non-hydrogen) atoms. The summed E-state index contributed by atoms with van der Waals surface area (Å²) in [7, 11) is 0.186. The lowest BCUT2D eigenvalue weighted by molar-refractivity contribution is -0.128. The van der Waals surface area contributed by atoms with Gasteiger partial charge in [-0.05, 0) is 49.2 Å². The van der Waals surface area contributed by atoms with Crippen molar-refractivity contribution in [1.29, 1.82) is 0 Å². The number of benzene rings is 2. The van der Waals surface area contributed by atoms with Gasteiger partial charge in [-0.15, -0.1) is 0 Å². The van der Waals surface area contributed by atoms with Gasteiger partial charge in [0.2, 0.25) is 11.8 Å². The molecular formula is C21H24N2O7S. The molecular weight excluding hydrogens is 424 g/mol. The van der Waals surface area contributed by atoms with E-state index in [4.69, 9.17) is 14.2 Å². The van der Waals surface area contributed by atoms with Crippen LogP contribution in [-0.4, -0.2) is 51.9 Å². The molecule has 0 spiro atoms. The Morgan fingerprint density at radius 2 is 1.74 bits per heavy atom. The van der Waals surface area contributed by atoms with Crippen molar-refractivity contribution in [2.45, 2.75) is 30.7 Å². The second-order valence-electron chi connectivity index (χ2n) is 6.94. The van der Waals surface area contributed by atoms with Crippen molar-refractivity contribution in [2.24, 2.45) is 0 Å². The molecule has 1 fully saturated rings. The minimum absolute atomic E-state index is 0.0494. The number of amides is 2. The van der Waals surface area contributed by atoms with Gasteiger partial charge in [0.25, 0.3) is 10.0 Å². The fourth-order valence-corrected chi connectivity index (χ4v) is 5.13. The smallest absolute Gasteiger partial charge is 0.267 e. The van der Waals surface area contributed by atoms with E-state index in [1.54, 1.807) is 25.1 Å². The fourth-order valence-electron chi connectivity index (χ4n) is 3.44. The Kier molecular flexibility index (Phi) is 6.40. The number of hydrogen-bond donors (Lipinski definition) is 1. The van der Waals surface area contributed by atoms with Crippen molar-refractivity contribution in [1.82, 2.24) is 4.31 Å². The molecule has 0 aliphatic carbocycles. The van der Waals surface area contributed by atoms with Crippen LogP contribution in [0.1, 0.15) is 18.4 Å². The first-order valence-corrected chi connectivity index (χ1v) is 10.9. The normalized spacial score (nSPS) is 16.2. The third-order valence-corrected chi connectivity index (χ3v) is 6.88. The van der Waals surface area contributed by atoms with E-state index in [0.29, 0.717) is 32.8 Å². The Balaban J connectivity index is 1.90. The van der Waals surface area contributed by atoms with E-state index >= 15 is 0 Å². The summed E-state index contributed by atoms with van der Waals surface area (Å²) in [6.45, 7) is 1.70. The third-order valence-electron chi connectivity index (χ3n) is 5.05. The van der Waals surface area contributed by atoms with Crippen molar-refractivity contribution in [3.05, 3.63) is 42.0 Å². The zero-order valence-corrected chi connectivity index (χ0v) is 18.5. The van der Waals surface area contributed by atoms with Gasteiger partial charge in [-0.1, -0.05) is 0 Å². The fraction of sp³-hybridized carbons (Fsp3) is 0.333. The number of nitrogens with zero attached hydrogens (tertiary/aromatic N) is 1. The third kappa shape index (κ3) is 4.29. The van der Waals surface area contributed by atoms with E-state index in [2.05, 4.69) is 5.32 Å². The number of anilines is 1. The Hall–Kier alpha value is -3.27. The molecule has 2 amide bonds. The summed E-state index contributed by atoms with van der Waals surface area (Å²) in [5.41, 5.74) is 0.935. The lowest BCUT2D eigenvalue weighted by atomic mass is 10.2. The first kappa shape index (κ1) is 22.4. The maximum Gasteiger partial charge on any atom is 0.267 e. The standard InChI is InChI=1S/C21H24N2O7S/c1-13-11-15(6-9-18(13)29-3)31(26,27)23-17(8-10-20(23)24)21(25)22-16-7-5-14(28-2)12-19(16)30-4/h5-7,9,11-12,17H,8,10H2,1-4H3,(H,22,25)/t17-/m1/s1. The van der Waals surface area contributed by atoms with Crippen LogP contribution in [0.3, 0.4) is 0 Å². The molecule has 10 heteroatoms. The molecule has 0 aromatic heterocycles. The molecule has 2 aromatic rings. The first-order valence-electron chi connectivity index (χ1n) is 9.47. The Morgan fingerprint density at radius 1 is 1.03 bits per heavy atom. The maximum atomic E-state index is 13.2. The number of methoxy groups -OCH3 is 3. The van der Waals surface area contributed by atoms with Crippen LogP contribution in [0.15, 0.2) is 41.3 Å². The molecule has 1 heterocycles. The molecule has 1 saturated heterocycles. The molecule has 1 N–H and O–H groups in total. The number of hydrogen-bond acceptors (Lipinski definition) is 7. The minimum Gasteiger partial charge on any atom is -0.497 e. The number of aryl methyl sites for hydroxylation is 1. The van der Waals surface area contributed by atoms with E-state index in [1.165, 1.54) is 39.5 Å². The number of sulfonamides is 1. The summed E-state index contributed by atoms with van der Waals surface area (Å²) in [5.74, 6) is 0.146. The van der Waals surface area contributed by atoms with Crippen LogP contribution in [0.4, 0.5) is 5.69 Å². The van der Waals surface area contributed by atoms with E-state index in [1.807, 2.05) is 0 Å². The van der Waals surface area contributed by atoms with Crippen molar-refractivity contribution in [3.8, 4) is 17.2 Å². The van der Waals surface area contributed by atoms with Gasteiger partial charge in [0.15, 0.2) is 0 Å². The molecule has 166 valence electrons. The second-order valence-corrected chi connectivity index (χ2v) is 8.75. The average Bonchev–Trinajstić information content (AvgIpc) is 3.16. The molecule has 3 rings (SSSR count). The maximum absolute atomic E-state index is 13.2. The Bertz CT molecular complexity index is 1110. The first-order chi connectivity index (χ1) is 14.7. The van der Waals surface area contributed by atoms with Gasteiger partial charge in [-0.3, -0.25) is 9.59 Å². The number of carbonyl (C=O) groups excluding carboxylic acids is 2. The van der Waals surface area contributed by atoms with Crippen LogP contribution >= 0.6 is 0 Å². The summed E-state index contributed by atoms with van der Waals surface area (Å²) >= 11 is 0. The molecule has 0 unspecified atom stereocenters. The number of ether oxygens (including phenoxy) is 3. The van der Waals surface area contributed by atoms with E-state index in [-0.39, 0.29) is 17.7 Å². The van der Waals surface area contributed by atoms with Gasteiger partial charge in [0.1, 0.15) is 23.3 Å². The molecule has 0 saturated carbocycles. The van der Waals surface area contributed by atoms with E-state index in [9.17, 15) is 18.0 Å². The van der Waals surface area contributed by atoms with Crippen LogP contribution in [0.5, 0.6) is 17.2 Å². The quantitative estimate of drug-likeness (QED) is 0.692. The van der Waals surface area contributed by atoms with E-state index < -0.39 is 27.9 Å². The molecule has 2 aromatic carbocycles. The molecule has 9 nitrogen and oxygen atoms in total. The summed E-state index contributed by atoms with van der Waals surface area (Å²) in [4.78, 5) is 25.4. The predicted octanol–water partition coefficient (Wildman–Crippen LogP) is 2.34. The number of nitrogens with one attached hydrogen (secondary N) is 1. The predicted molar refractivity (Wildman–Crippen MR) is 113 cm³/mol. The van der Waals surface area contributed by atoms with Gasteiger partial charge < -0.3 is 19.5 Å². The largest absolute Gasteiger partial charge is 0.497 e. The van der Waals surface area contributed by atoms with Crippen LogP contribution in [0.25, 0.3) is 0 Å². The van der Waals surface area contributed by atoms with Gasteiger partial charge in [0.05, 0.1) is 31.9 Å². The second kappa shape index (κ2) is 8.84. The van der Waals surface area contributed by atoms with Gasteiger partial charge in [-0.2, -0.15) is 0 Å². The molecule has 1 atom stereocenters. The summed E-state index contributed by atoms with van der Waals surface area (Å²) < 4.78 is 42.7. The van der Waals surface area contributed by atoms with Crippen molar-refractivity contribution in [2.75, 3.05) is 26.6 Å². The summed E-state index contributed by atoms with van der Waals surface area (Å²) in [6, 6.07) is 7.91. The van der Waals surface area contributed by atoms with Crippen LogP contribution in [0, 0.1) is 6.92 Å². The van der Waals surface area contributed by atoms with Crippen molar-refractivity contribution in [3.63, 3.8) is 0 Å². The monoisotopic (exact) mass is 448 g/mol. The number of rotatable bonds is 7. The molecule has 1 aliphatic heterocycles. The Morgan fingerprint density at radius 3 is 2.35 bits per heavy atom. The lowest BCUT2D eigenvalue weighted by Crippen LogP contribution is -2.45. The summed E-state index contributed by atoms with van der Waals surface area (Å²) in [5, 5.41) is 2.66. The van der Waals surface area contributed by atoms with Gasteiger partial charge >= 0.3 is 0 Å². The van der Waals surface area contributed by atoms with Crippen LogP contribution < -0.4 is 19.5 Å². The van der Waals surface area contributed by atoms with Crippen molar-refractivity contribution >= 4 is 27.5 Å². The highest BCUT2D eigenvalue weighted by atomic mass is 32.2. The van der Waals surface area contributed by atoms with Crippen molar-refractivity contribution < 1.29 is 32.2 Å². The molecule has 0 bridgehead atoms. The SMILES string of the molecule is COc1ccc(NC(=O)[C@H]2CCC(=O)N2S(=O)(=O)c2ccc(OC)c(C)c2)c(OC)c1.